The summed E-state index contributed by atoms with van der Waals surface area (Å²) in [7, 11) is 3.15. The number of likely N-dealkylation sites (N-methyl/N-ethyl adjacent to an activating group) is 1. The van der Waals surface area contributed by atoms with E-state index in [1.165, 1.54) is 11.6 Å². The minimum Gasteiger partial charge on any atom is -0.340 e. The third-order valence-electron chi connectivity index (χ3n) is 5.72. The van der Waals surface area contributed by atoms with Crippen LogP contribution in [0.3, 0.4) is 0 Å². The number of benzene rings is 1. The fraction of sp³-hybridized carbons (Fsp3) is 0.450. The van der Waals surface area contributed by atoms with Crippen LogP contribution >= 0.6 is 11.6 Å². The van der Waals surface area contributed by atoms with Gasteiger partial charge in [-0.05, 0) is 18.2 Å². The summed E-state index contributed by atoms with van der Waals surface area (Å²) in [5, 5.41) is 0.637. The highest BCUT2D eigenvalue weighted by atomic mass is 35.5. The van der Waals surface area contributed by atoms with Crippen LogP contribution < -0.4 is 16.1 Å². The van der Waals surface area contributed by atoms with Gasteiger partial charge in [-0.15, -0.1) is 0 Å². The van der Waals surface area contributed by atoms with Crippen LogP contribution in [0.5, 0.6) is 0 Å². The molecule has 0 N–H and O–H groups in total. The lowest BCUT2D eigenvalue weighted by molar-refractivity contribution is 0.269. The molecule has 0 radical (unpaired) electrons. The maximum Gasteiger partial charge on any atom is 0.332 e. The second-order valence-corrected chi connectivity index (χ2v) is 7.80. The van der Waals surface area contributed by atoms with Crippen LogP contribution in [-0.2, 0) is 20.6 Å². The molecule has 8 nitrogen and oxygen atoms in total. The molecule has 1 aliphatic heterocycles. The lowest BCUT2D eigenvalue weighted by Crippen LogP contribution is -2.47. The number of nitrogens with zero attached hydrogens (tertiary/aromatic N) is 6. The molecule has 0 amide bonds. The number of halogens is 1. The van der Waals surface area contributed by atoms with Gasteiger partial charge in [0.1, 0.15) is 0 Å². The van der Waals surface area contributed by atoms with Crippen molar-refractivity contribution in [3.63, 3.8) is 0 Å². The van der Waals surface area contributed by atoms with Crippen LogP contribution in [0.1, 0.15) is 12.5 Å². The molecule has 3 aromatic rings. The van der Waals surface area contributed by atoms with E-state index in [1.54, 1.807) is 7.05 Å². The molecule has 1 saturated heterocycles. The van der Waals surface area contributed by atoms with Crippen LogP contribution in [0.25, 0.3) is 11.2 Å². The number of piperazine rings is 1. The third kappa shape index (κ3) is 3.36. The average molecular weight is 417 g/mol. The Labute approximate surface area is 173 Å². The predicted molar refractivity (Wildman–Crippen MR) is 115 cm³/mol. The number of imidazole rings is 1. The van der Waals surface area contributed by atoms with E-state index in [-0.39, 0.29) is 11.2 Å². The monoisotopic (exact) mass is 416 g/mol. The molecule has 0 saturated carbocycles. The molecule has 29 heavy (non-hydrogen) atoms. The minimum atomic E-state index is -0.382. The summed E-state index contributed by atoms with van der Waals surface area (Å²) in [5.41, 5.74) is 0.992. The zero-order valence-corrected chi connectivity index (χ0v) is 17.7. The zero-order valence-electron chi connectivity index (χ0n) is 16.9. The molecule has 1 fully saturated rings. The molecule has 0 bridgehead atoms. The molecule has 9 heteroatoms. The van der Waals surface area contributed by atoms with Gasteiger partial charge in [-0.2, -0.15) is 4.98 Å². The Morgan fingerprint density at radius 1 is 1.03 bits per heavy atom. The van der Waals surface area contributed by atoms with Crippen molar-refractivity contribution in [1.29, 1.82) is 0 Å². The van der Waals surface area contributed by atoms with Gasteiger partial charge in [0.05, 0.1) is 6.54 Å². The number of rotatable bonds is 4. The minimum absolute atomic E-state index is 0.346. The molecule has 0 aliphatic carbocycles. The van der Waals surface area contributed by atoms with Gasteiger partial charge in [0.15, 0.2) is 11.2 Å². The number of aryl methyl sites for hydroxylation is 1. The van der Waals surface area contributed by atoms with Crippen molar-refractivity contribution >= 4 is 28.7 Å². The van der Waals surface area contributed by atoms with Gasteiger partial charge >= 0.3 is 5.69 Å². The van der Waals surface area contributed by atoms with Crippen molar-refractivity contribution in [2.75, 3.05) is 37.6 Å². The van der Waals surface area contributed by atoms with Crippen LogP contribution in [0, 0.1) is 0 Å². The SMILES string of the molecule is CCN1CCN(c2nc3c(c(=O)n(C)c(=O)n3C)n2Cc2ccccc2Cl)CC1. The first kappa shape index (κ1) is 19.7. The Hall–Kier alpha value is -2.58. The van der Waals surface area contributed by atoms with Crippen LogP contribution in [0.15, 0.2) is 33.9 Å². The Morgan fingerprint density at radius 3 is 2.38 bits per heavy atom. The molecule has 2 aromatic heterocycles. The summed E-state index contributed by atoms with van der Waals surface area (Å²) in [6.45, 7) is 7.07. The largest absolute Gasteiger partial charge is 0.340 e. The van der Waals surface area contributed by atoms with Crippen molar-refractivity contribution in [3.05, 3.63) is 55.7 Å². The summed E-state index contributed by atoms with van der Waals surface area (Å²) in [5.74, 6) is 0.703. The first-order valence-corrected chi connectivity index (χ1v) is 10.2. The first-order chi connectivity index (χ1) is 13.9. The van der Waals surface area contributed by atoms with Gasteiger partial charge in [0.2, 0.25) is 5.95 Å². The highest BCUT2D eigenvalue weighted by Gasteiger charge is 2.25. The zero-order chi connectivity index (χ0) is 20.7. The number of hydrogen-bond donors (Lipinski definition) is 0. The maximum absolute atomic E-state index is 13.0. The standard InChI is InChI=1S/C20H25ClN6O2/c1-4-25-9-11-26(12-10-25)19-22-17-16(18(28)24(3)20(29)23(17)2)27(19)13-14-7-5-6-8-15(14)21/h5-8H,4,9-13H2,1-3H3. The molecule has 4 rings (SSSR count). The van der Waals surface area contributed by atoms with Crippen molar-refractivity contribution in [3.8, 4) is 0 Å². The summed E-state index contributed by atoms with van der Waals surface area (Å²) < 4.78 is 4.47. The van der Waals surface area contributed by atoms with Gasteiger partial charge in [-0.1, -0.05) is 36.7 Å². The smallest absolute Gasteiger partial charge is 0.332 e. The van der Waals surface area contributed by atoms with E-state index in [0.717, 1.165) is 42.9 Å². The van der Waals surface area contributed by atoms with E-state index in [4.69, 9.17) is 16.6 Å². The predicted octanol–water partition coefficient (Wildman–Crippen LogP) is 1.28. The van der Waals surface area contributed by atoms with Crippen molar-refractivity contribution in [2.45, 2.75) is 13.5 Å². The number of anilines is 1. The second kappa shape index (κ2) is 7.68. The summed E-state index contributed by atoms with van der Waals surface area (Å²) in [6, 6.07) is 7.59. The second-order valence-electron chi connectivity index (χ2n) is 7.39. The molecule has 0 spiro atoms. The van der Waals surface area contributed by atoms with E-state index in [2.05, 4.69) is 16.7 Å². The van der Waals surface area contributed by atoms with E-state index < -0.39 is 0 Å². The average Bonchev–Trinajstić information content (AvgIpc) is 3.11. The molecular weight excluding hydrogens is 392 g/mol. The summed E-state index contributed by atoms with van der Waals surface area (Å²) >= 11 is 6.40. The van der Waals surface area contributed by atoms with Gasteiger partial charge < -0.3 is 9.80 Å². The number of aromatic nitrogens is 4. The quantitative estimate of drug-likeness (QED) is 0.640. The van der Waals surface area contributed by atoms with E-state index >= 15 is 0 Å². The van der Waals surface area contributed by atoms with Crippen LogP contribution in [-0.4, -0.2) is 56.3 Å². The Bertz CT molecular complexity index is 1170. The normalized spacial score (nSPS) is 15.4. The fourth-order valence-corrected chi connectivity index (χ4v) is 4.08. The maximum atomic E-state index is 13.0. The fourth-order valence-electron chi connectivity index (χ4n) is 3.89. The third-order valence-corrected chi connectivity index (χ3v) is 6.09. The van der Waals surface area contributed by atoms with Gasteiger partial charge in [-0.25, -0.2) is 4.79 Å². The van der Waals surface area contributed by atoms with Crippen LogP contribution in [0.2, 0.25) is 5.02 Å². The van der Waals surface area contributed by atoms with E-state index in [9.17, 15) is 9.59 Å². The molecule has 1 aliphatic rings. The summed E-state index contributed by atoms with van der Waals surface area (Å²) in [4.78, 5) is 34.8. The highest BCUT2D eigenvalue weighted by Crippen LogP contribution is 2.25. The van der Waals surface area contributed by atoms with Crippen molar-refractivity contribution < 1.29 is 0 Å². The van der Waals surface area contributed by atoms with Gasteiger partial charge in [-0.3, -0.25) is 18.5 Å². The Balaban J connectivity index is 1.91. The van der Waals surface area contributed by atoms with Gasteiger partial charge in [0, 0.05) is 45.3 Å². The number of hydrogen-bond acceptors (Lipinski definition) is 5. The lowest BCUT2D eigenvalue weighted by Gasteiger charge is -2.34. The molecule has 3 heterocycles. The van der Waals surface area contributed by atoms with E-state index in [0.29, 0.717) is 28.7 Å². The molecule has 0 atom stereocenters. The molecule has 0 unspecified atom stereocenters. The van der Waals surface area contributed by atoms with Crippen molar-refractivity contribution in [2.24, 2.45) is 14.1 Å². The van der Waals surface area contributed by atoms with Crippen molar-refractivity contribution in [1.82, 2.24) is 23.6 Å². The molecule has 154 valence electrons. The van der Waals surface area contributed by atoms with Crippen LogP contribution in [0.4, 0.5) is 5.95 Å². The highest BCUT2D eigenvalue weighted by molar-refractivity contribution is 6.31. The number of fused-ring (bicyclic) bond motifs is 1. The van der Waals surface area contributed by atoms with Gasteiger partial charge in [0.25, 0.3) is 5.56 Å². The Morgan fingerprint density at radius 2 is 1.72 bits per heavy atom. The molecule has 1 aromatic carbocycles. The summed E-state index contributed by atoms with van der Waals surface area (Å²) in [6.07, 6.45) is 0. The van der Waals surface area contributed by atoms with E-state index in [1.807, 2.05) is 28.8 Å². The first-order valence-electron chi connectivity index (χ1n) is 9.79. The Kier molecular flexibility index (Phi) is 5.23. The topological polar surface area (TPSA) is 68.3 Å². The molecular formula is C20H25ClN6O2. The lowest BCUT2D eigenvalue weighted by atomic mass is 10.2.